The molecule has 1 aliphatic carbocycles. The first-order chi connectivity index (χ1) is 17.7. The Balaban J connectivity index is 1.47. The molecule has 0 saturated heterocycles. The Hall–Kier alpha value is -3.07. The van der Waals surface area contributed by atoms with E-state index in [9.17, 15) is 18.0 Å². The van der Waals surface area contributed by atoms with Gasteiger partial charge in [-0.05, 0) is 72.2 Å². The summed E-state index contributed by atoms with van der Waals surface area (Å²) in [5.74, 6) is -0.667. The average Bonchev–Trinajstić information content (AvgIpc) is 3.53. The normalized spacial score (nSPS) is 22.7. The number of benzene rings is 1. The third-order valence-corrected chi connectivity index (χ3v) is 7.43. The molecule has 2 atom stereocenters. The standard InChI is InChI=1S/C28H32F3N5O/c1-4-11-35(5-2)15-18-12-23(28(29,30)31)24-14-22(27(37)36(24)16-18)20-7-6-8-21(13-20)25(19-9-10-19)26-33-32-17-34(26)3/h6-8,12-14,16-17,19,22,25H,4-5,9-11,15H2,1-3H3/q+1/t22?,25-/m1/s1. The molecule has 1 amide bonds. The molecule has 9 heteroatoms. The van der Waals surface area contributed by atoms with Crippen molar-refractivity contribution < 1.29 is 22.5 Å². The number of alkyl halides is 3. The highest BCUT2D eigenvalue weighted by atomic mass is 19.4. The molecule has 195 valence electrons. The van der Waals surface area contributed by atoms with Gasteiger partial charge in [-0.2, -0.15) is 13.2 Å². The van der Waals surface area contributed by atoms with Crippen molar-refractivity contribution >= 4 is 12.2 Å². The van der Waals surface area contributed by atoms with Crippen LogP contribution in [0.1, 0.15) is 56.1 Å². The van der Waals surface area contributed by atoms with E-state index in [0.29, 0.717) is 23.6 Å². The highest BCUT2D eigenvalue weighted by Crippen LogP contribution is 2.49. The van der Waals surface area contributed by atoms with Crippen LogP contribution in [0.2, 0.25) is 0 Å². The number of hydrogen-bond acceptors (Lipinski definition) is 4. The highest BCUT2D eigenvalue weighted by Gasteiger charge is 2.47. The molecule has 4 aliphatic rings. The summed E-state index contributed by atoms with van der Waals surface area (Å²) in [5.41, 5.74) is 1.34. The Morgan fingerprint density at radius 1 is 1.24 bits per heavy atom. The fraction of sp³-hybridized carbons (Fsp3) is 0.464. The van der Waals surface area contributed by atoms with Gasteiger partial charge in [0.1, 0.15) is 0 Å². The van der Waals surface area contributed by atoms with Gasteiger partial charge in [-0.3, -0.25) is 14.6 Å². The summed E-state index contributed by atoms with van der Waals surface area (Å²) in [4.78, 5) is 16.8. The molecule has 6 nitrogen and oxygen atoms in total. The van der Waals surface area contributed by atoms with E-state index in [1.54, 1.807) is 12.5 Å². The second kappa shape index (κ2) is 10.0. The van der Waals surface area contributed by atoms with Crippen LogP contribution in [0.4, 0.5) is 13.2 Å². The molecule has 1 unspecified atom stereocenters. The van der Waals surface area contributed by atoms with Gasteiger partial charge < -0.3 is 0 Å². The number of fused-ring (bicyclic) bond motifs is 1. The minimum absolute atomic E-state index is 0.0370. The first-order valence-electron chi connectivity index (χ1n) is 12.9. The van der Waals surface area contributed by atoms with E-state index >= 15 is 0 Å². The van der Waals surface area contributed by atoms with Gasteiger partial charge in [0.15, 0.2) is 0 Å². The SMILES string of the molecule is CCCN(CC)CC1=CN2C(=O)C(c3cccc([C@H]([C]4N=NC=[N+]4C)C4CC4)c3)C=C2C(C(F)(F)F)=C1. The molecule has 1 fully saturated rings. The zero-order valence-electron chi connectivity index (χ0n) is 21.4. The van der Waals surface area contributed by atoms with Gasteiger partial charge in [0.25, 0.3) is 0 Å². The molecule has 1 aromatic carbocycles. The topological polar surface area (TPSA) is 51.3 Å². The lowest BCUT2D eigenvalue weighted by Crippen LogP contribution is -2.33. The number of hydrogen-bond donors (Lipinski definition) is 0. The van der Waals surface area contributed by atoms with E-state index in [0.717, 1.165) is 44.1 Å². The van der Waals surface area contributed by atoms with E-state index < -0.39 is 17.7 Å². The predicted molar refractivity (Wildman–Crippen MR) is 135 cm³/mol. The number of rotatable bonds is 9. The Kier molecular flexibility index (Phi) is 6.91. The maximum absolute atomic E-state index is 14.1. The van der Waals surface area contributed by atoms with E-state index in [2.05, 4.69) is 15.1 Å². The fourth-order valence-electron chi connectivity index (χ4n) is 5.45. The lowest BCUT2D eigenvalue weighted by molar-refractivity contribution is -0.479. The van der Waals surface area contributed by atoms with Crippen molar-refractivity contribution in [2.24, 2.45) is 16.1 Å². The highest BCUT2D eigenvalue weighted by molar-refractivity contribution is 5.93. The largest absolute Gasteiger partial charge is 0.418 e. The number of allylic oxidation sites excluding steroid dienone is 1. The third kappa shape index (κ3) is 5.06. The van der Waals surface area contributed by atoms with Crippen molar-refractivity contribution in [2.45, 2.75) is 51.1 Å². The molecule has 1 aromatic rings. The van der Waals surface area contributed by atoms with Crippen LogP contribution in [-0.4, -0.2) is 59.5 Å². The van der Waals surface area contributed by atoms with Crippen LogP contribution < -0.4 is 0 Å². The van der Waals surface area contributed by atoms with Crippen LogP contribution in [0, 0.1) is 12.1 Å². The summed E-state index contributed by atoms with van der Waals surface area (Å²) in [6.45, 7) is 5.89. The Morgan fingerprint density at radius 3 is 2.65 bits per heavy atom. The van der Waals surface area contributed by atoms with Gasteiger partial charge in [0.05, 0.1) is 35.3 Å². The first kappa shape index (κ1) is 25.6. The Labute approximate surface area is 215 Å². The number of azo groups is 1. The minimum atomic E-state index is -4.56. The van der Waals surface area contributed by atoms with Crippen molar-refractivity contribution in [3.8, 4) is 0 Å². The van der Waals surface area contributed by atoms with Crippen LogP contribution in [0.5, 0.6) is 0 Å². The maximum atomic E-state index is 14.1. The summed E-state index contributed by atoms with van der Waals surface area (Å²) in [6, 6.07) is 7.67. The summed E-state index contributed by atoms with van der Waals surface area (Å²) < 4.78 is 44.3. The van der Waals surface area contributed by atoms with Gasteiger partial charge in [-0.1, -0.05) is 38.1 Å². The van der Waals surface area contributed by atoms with Crippen LogP contribution >= 0.6 is 0 Å². The van der Waals surface area contributed by atoms with Gasteiger partial charge >= 0.3 is 18.7 Å². The molecule has 1 saturated carbocycles. The summed E-state index contributed by atoms with van der Waals surface area (Å²) >= 11 is 0. The van der Waals surface area contributed by atoms with E-state index in [1.165, 1.54) is 17.1 Å². The maximum Gasteiger partial charge on any atom is 0.418 e. The lowest BCUT2D eigenvalue weighted by atomic mass is 9.87. The molecular formula is C28H32F3N5O+. The number of amides is 1. The number of nitrogens with zero attached hydrogens (tertiary/aromatic N) is 5. The average molecular weight is 512 g/mol. The Bertz CT molecular complexity index is 1220. The second-order valence-electron chi connectivity index (χ2n) is 10.2. The number of carbonyl (C=O) groups excluding carboxylic acids is 1. The van der Waals surface area contributed by atoms with Crippen molar-refractivity contribution in [3.05, 3.63) is 76.8 Å². The molecule has 1 radical (unpaired) electrons. The molecule has 0 spiro atoms. The van der Waals surface area contributed by atoms with Crippen molar-refractivity contribution in [2.75, 3.05) is 26.7 Å². The predicted octanol–water partition coefficient (Wildman–Crippen LogP) is 5.73. The number of halogens is 3. The first-order valence-corrected chi connectivity index (χ1v) is 12.9. The lowest BCUT2D eigenvalue weighted by Gasteiger charge is -2.28. The quantitative estimate of drug-likeness (QED) is 0.398. The van der Waals surface area contributed by atoms with Gasteiger partial charge in [-0.15, -0.1) is 0 Å². The molecule has 0 aromatic heterocycles. The zero-order valence-corrected chi connectivity index (χ0v) is 21.4. The van der Waals surface area contributed by atoms with Gasteiger partial charge in [0, 0.05) is 12.7 Å². The monoisotopic (exact) mass is 511 g/mol. The van der Waals surface area contributed by atoms with Crippen molar-refractivity contribution in [3.63, 3.8) is 0 Å². The van der Waals surface area contributed by atoms with E-state index in [-0.39, 0.29) is 17.5 Å². The fourth-order valence-corrected chi connectivity index (χ4v) is 5.45. The van der Waals surface area contributed by atoms with Gasteiger partial charge in [0.2, 0.25) is 5.91 Å². The molecule has 37 heavy (non-hydrogen) atoms. The van der Waals surface area contributed by atoms with Crippen LogP contribution in [0.3, 0.4) is 0 Å². The number of likely N-dealkylation sites (N-methyl/N-ethyl adjacent to an activating group) is 2. The van der Waals surface area contributed by atoms with Crippen molar-refractivity contribution in [1.29, 1.82) is 0 Å². The van der Waals surface area contributed by atoms with Gasteiger partial charge in [-0.25, -0.2) is 4.58 Å². The summed E-state index contributed by atoms with van der Waals surface area (Å²) in [5, 5.41) is 8.36. The molecule has 0 bridgehead atoms. The Morgan fingerprint density at radius 2 is 2.03 bits per heavy atom. The number of carbonyl (C=O) groups is 1. The van der Waals surface area contributed by atoms with Crippen LogP contribution in [-0.2, 0) is 4.79 Å². The summed E-state index contributed by atoms with van der Waals surface area (Å²) in [7, 11) is 1.91. The molecule has 5 rings (SSSR count). The van der Waals surface area contributed by atoms with Crippen LogP contribution in [0.15, 0.2) is 69.7 Å². The van der Waals surface area contributed by atoms with E-state index in [4.69, 9.17) is 0 Å². The third-order valence-electron chi connectivity index (χ3n) is 7.43. The van der Waals surface area contributed by atoms with Crippen molar-refractivity contribution in [1.82, 2.24) is 9.80 Å². The second-order valence-corrected chi connectivity index (χ2v) is 10.2. The van der Waals surface area contributed by atoms with Crippen LogP contribution in [0.25, 0.3) is 0 Å². The minimum Gasteiger partial charge on any atom is -0.299 e. The smallest absolute Gasteiger partial charge is 0.299 e. The molecular weight excluding hydrogens is 479 g/mol. The molecule has 0 N–H and O–H groups in total. The summed E-state index contributed by atoms with van der Waals surface area (Å²) in [6.07, 6.45) is 5.28. The molecule has 3 aliphatic heterocycles. The molecule has 3 heterocycles. The zero-order chi connectivity index (χ0) is 26.3. The van der Waals surface area contributed by atoms with E-state index in [1.807, 2.05) is 49.7 Å².